The number of anilines is 1. The Hall–Kier alpha value is -0.440. The minimum atomic E-state index is 0.111. The number of aromatic nitrogens is 1. The second kappa shape index (κ2) is 6.13. The average molecular weight is 437 g/mol. The highest BCUT2D eigenvalue weighted by Crippen LogP contribution is 2.33. The van der Waals surface area contributed by atoms with Crippen molar-refractivity contribution in [3.05, 3.63) is 30.8 Å². The van der Waals surface area contributed by atoms with Crippen molar-refractivity contribution in [3.8, 4) is 0 Å². The molecular weight excluding hydrogens is 426 g/mol. The molecule has 3 heterocycles. The zero-order valence-electron chi connectivity index (χ0n) is 10.4. The lowest BCUT2D eigenvalue weighted by atomic mass is 10.3. The van der Waals surface area contributed by atoms with E-state index < -0.39 is 0 Å². The van der Waals surface area contributed by atoms with E-state index in [1.807, 2.05) is 22.5 Å². The number of nitrogens with zero attached hydrogens (tertiary/aromatic N) is 3. The molecule has 20 heavy (non-hydrogen) atoms. The van der Waals surface area contributed by atoms with Crippen molar-refractivity contribution < 1.29 is 4.79 Å². The lowest BCUT2D eigenvalue weighted by Gasteiger charge is -2.34. The molecule has 0 aliphatic carbocycles. The monoisotopic (exact) mass is 435 g/mol. The van der Waals surface area contributed by atoms with E-state index in [-0.39, 0.29) is 5.91 Å². The second-order valence-electron chi connectivity index (χ2n) is 4.33. The van der Waals surface area contributed by atoms with Crippen LogP contribution in [-0.2, 0) is 0 Å². The van der Waals surface area contributed by atoms with Gasteiger partial charge in [-0.2, -0.15) is 0 Å². The molecule has 0 radical (unpaired) electrons. The molecule has 2 aromatic rings. The number of rotatable bonds is 2. The van der Waals surface area contributed by atoms with Crippen LogP contribution < -0.4 is 4.90 Å². The fourth-order valence-electron chi connectivity index (χ4n) is 2.08. The van der Waals surface area contributed by atoms with Crippen LogP contribution in [0.2, 0.25) is 0 Å². The number of thiophene rings is 1. The predicted octanol–water partition coefficient (Wildman–Crippen LogP) is 3.69. The van der Waals surface area contributed by atoms with E-state index in [9.17, 15) is 4.79 Å². The number of carbonyl (C=O) groups is 1. The maximum absolute atomic E-state index is 12.4. The average Bonchev–Trinajstić information content (AvgIpc) is 3.09. The number of piperazine rings is 1. The lowest BCUT2D eigenvalue weighted by Crippen LogP contribution is -2.48. The van der Waals surface area contributed by atoms with Gasteiger partial charge in [-0.3, -0.25) is 4.79 Å². The number of thiazole rings is 1. The quantitative estimate of drug-likeness (QED) is 0.720. The standard InChI is InChI=1S/C12H11Br2N3OS2/c13-8-7-9(20-10(8)14)11(18)16-2-4-17(5-3-16)12-15-1-6-19-12/h1,6-7H,2-5H2. The van der Waals surface area contributed by atoms with Gasteiger partial charge in [0.15, 0.2) is 5.13 Å². The molecule has 0 atom stereocenters. The Bertz CT molecular complexity index is 587. The zero-order valence-corrected chi connectivity index (χ0v) is 15.2. The lowest BCUT2D eigenvalue weighted by molar-refractivity contribution is 0.0751. The molecule has 1 aliphatic rings. The Balaban J connectivity index is 1.64. The van der Waals surface area contributed by atoms with Crippen molar-refractivity contribution in [2.24, 2.45) is 0 Å². The maximum Gasteiger partial charge on any atom is 0.264 e. The van der Waals surface area contributed by atoms with Crippen LogP contribution in [0.1, 0.15) is 9.67 Å². The molecule has 1 aliphatic heterocycles. The van der Waals surface area contributed by atoms with Crippen LogP contribution in [0, 0.1) is 0 Å². The van der Waals surface area contributed by atoms with Crippen LogP contribution >= 0.6 is 54.5 Å². The molecule has 3 rings (SSSR count). The molecule has 1 amide bonds. The zero-order chi connectivity index (χ0) is 14.1. The Morgan fingerprint density at radius 3 is 2.55 bits per heavy atom. The summed E-state index contributed by atoms with van der Waals surface area (Å²) in [6.45, 7) is 3.16. The third-order valence-electron chi connectivity index (χ3n) is 3.11. The molecule has 2 aromatic heterocycles. The van der Waals surface area contributed by atoms with E-state index in [1.165, 1.54) is 11.3 Å². The Morgan fingerprint density at radius 2 is 2.00 bits per heavy atom. The Kier molecular flexibility index (Phi) is 4.44. The first kappa shape index (κ1) is 14.5. The van der Waals surface area contributed by atoms with Crippen molar-refractivity contribution in [1.82, 2.24) is 9.88 Å². The molecule has 0 saturated carbocycles. The van der Waals surface area contributed by atoms with Crippen LogP contribution in [0.3, 0.4) is 0 Å². The van der Waals surface area contributed by atoms with Crippen molar-refractivity contribution in [2.75, 3.05) is 31.1 Å². The van der Waals surface area contributed by atoms with Crippen LogP contribution in [-0.4, -0.2) is 42.0 Å². The van der Waals surface area contributed by atoms with Crippen molar-refractivity contribution in [1.29, 1.82) is 0 Å². The first-order valence-electron chi connectivity index (χ1n) is 6.03. The van der Waals surface area contributed by atoms with Crippen molar-refractivity contribution in [3.63, 3.8) is 0 Å². The van der Waals surface area contributed by atoms with E-state index >= 15 is 0 Å². The normalized spacial score (nSPS) is 15.7. The van der Waals surface area contributed by atoms with Crippen LogP contribution in [0.15, 0.2) is 25.9 Å². The summed E-state index contributed by atoms with van der Waals surface area (Å²) in [6.07, 6.45) is 1.82. The summed E-state index contributed by atoms with van der Waals surface area (Å²) in [6, 6.07) is 1.88. The number of halogens is 2. The fourth-order valence-corrected chi connectivity index (χ4v) is 4.78. The Labute approximate surface area is 141 Å². The molecule has 0 spiro atoms. The number of amides is 1. The molecule has 106 valence electrons. The van der Waals surface area contributed by atoms with Crippen LogP contribution in [0.5, 0.6) is 0 Å². The highest BCUT2D eigenvalue weighted by atomic mass is 79.9. The van der Waals surface area contributed by atoms with Gasteiger partial charge in [0, 0.05) is 42.2 Å². The summed E-state index contributed by atoms with van der Waals surface area (Å²) < 4.78 is 1.90. The minimum Gasteiger partial charge on any atom is -0.345 e. The molecule has 1 fully saturated rings. The molecule has 8 heteroatoms. The summed E-state index contributed by atoms with van der Waals surface area (Å²) in [5, 5.41) is 3.02. The van der Waals surface area contributed by atoms with E-state index in [0.717, 1.165) is 44.4 Å². The van der Waals surface area contributed by atoms with Gasteiger partial charge in [-0.1, -0.05) is 0 Å². The van der Waals surface area contributed by atoms with Gasteiger partial charge in [0.05, 0.1) is 8.66 Å². The van der Waals surface area contributed by atoms with Gasteiger partial charge >= 0.3 is 0 Å². The van der Waals surface area contributed by atoms with Gasteiger partial charge in [-0.15, -0.1) is 22.7 Å². The third kappa shape index (κ3) is 2.93. The van der Waals surface area contributed by atoms with Gasteiger partial charge in [-0.05, 0) is 37.9 Å². The summed E-state index contributed by atoms with van der Waals surface area (Å²) >= 11 is 9.96. The molecular formula is C12H11Br2N3OS2. The van der Waals surface area contributed by atoms with Gasteiger partial charge in [0.1, 0.15) is 0 Å². The smallest absolute Gasteiger partial charge is 0.264 e. The molecule has 0 N–H and O–H groups in total. The highest BCUT2D eigenvalue weighted by molar-refractivity contribution is 9.13. The fraction of sp³-hybridized carbons (Fsp3) is 0.333. The summed E-state index contributed by atoms with van der Waals surface area (Å²) in [5.74, 6) is 0.111. The first-order chi connectivity index (χ1) is 9.65. The minimum absolute atomic E-state index is 0.111. The maximum atomic E-state index is 12.4. The summed E-state index contributed by atoms with van der Waals surface area (Å²) in [4.78, 5) is 21.6. The number of carbonyl (C=O) groups excluding carboxylic acids is 1. The van der Waals surface area contributed by atoms with Crippen LogP contribution in [0.4, 0.5) is 5.13 Å². The second-order valence-corrected chi connectivity index (χ2v) is 8.42. The number of hydrogen-bond donors (Lipinski definition) is 0. The first-order valence-corrected chi connectivity index (χ1v) is 9.32. The van der Waals surface area contributed by atoms with Gasteiger partial charge in [0.2, 0.25) is 0 Å². The van der Waals surface area contributed by atoms with Crippen molar-refractivity contribution >= 4 is 65.6 Å². The Morgan fingerprint density at radius 1 is 1.25 bits per heavy atom. The molecule has 4 nitrogen and oxygen atoms in total. The number of hydrogen-bond acceptors (Lipinski definition) is 5. The molecule has 0 bridgehead atoms. The topological polar surface area (TPSA) is 36.4 Å². The van der Waals surface area contributed by atoms with E-state index in [4.69, 9.17) is 0 Å². The molecule has 0 unspecified atom stereocenters. The van der Waals surface area contributed by atoms with Gasteiger partial charge < -0.3 is 9.80 Å². The predicted molar refractivity (Wildman–Crippen MR) is 89.9 cm³/mol. The van der Waals surface area contributed by atoms with E-state index in [2.05, 4.69) is 41.7 Å². The molecule has 1 saturated heterocycles. The van der Waals surface area contributed by atoms with E-state index in [1.54, 1.807) is 11.3 Å². The van der Waals surface area contributed by atoms with Crippen LogP contribution in [0.25, 0.3) is 0 Å². The largest absolute Gasteiger partial charge is 0.345 e. The third-order valence-corrected chi connectivity index (χ3v) is 7.19. The highest BCUT2D eigenvalue weighted by Gasteiger charge is 2.24. The van der Waals surface area contributed by atoms with Gasteiger partial charge in [-0.25, -0.2) is 4.98 Å². The summed E-state index contributed by atoms with van der Waals surface area (Å²) in [7, 11) is 0. The van der Waals surface area contributed by atoms with E-state index in [0.29, 0.717) is 0 Å². The SMILES string of the molecule is O=C(c1cc(Br)c(Br)s1)N1CCN(c2nccs2)CC1. The van der Waals surface area contributed by atoms with Gasteiger partial charge in [0.25, 0.3) is 5.91 Å². The van der Waals surface area contributed by atoms with Crippen molar-refractivity contribution in [2.45, 2.75) is 0 Å². The molecule has 0 aromatic carbocycles. The summed E-state index contributed by atoms with van der Waals surface area (Å²) in [5.41, 5.74) is 0.